The molecule has 0 bridgehead atoms. The fourth-order valence-electron chi connectivity index (χ4n) is 4.59. The number of aryl methyl sites for hydroxylation is 2. The average Bonchev–Trinajstić information content (AvgIpc) is 2.78. The number of ether oxygens (including phenoxy) is 2. The lowest BCUT2D eigenvalue weighted by Crippen LogP contribution is -2.35. The Labute approximate surface area is 189 Å². The van der Waals surface area contributed by atoms with Crippen LogP contribution in [0.3, 0.4) is 0 Å². The van der Waals surface area contributed by atoms with Crippen LogP contribution in [0.2, 0.25) is 0 Å². The number of hydrogen-bond donors (Lipinski definition) is 0. The molecule has 1 atom stereocenters. The van der Waals surface area contributed by atoms with Gasteiger partial charge in [-0.05, 0) is 69.8 Å². The van der Waals surface area contributed by atoms with Gasteiger partial charge in [0.25, 0.3) is 5.56 Å². The maximum atomic E-state index is 13.3. The normalized spacial score (nSPS) is 16.9. The summed E-state index contributed by atoms with van der Waals surface area (Å²) in [4.78, 5) is 20.4. The molecule has 3 aromatic rings. The molecule has 4 rings (SSSR count). The summed E-state index contributed by atoms with van der Waals surface area (Å²) >= 11 is 0. The van der Waals surface area contributed by atoms with Gasteiger partial charge in [-0.3, -0.25) is 9.36 Å². The van der Waals surface area contributed by atoms with Crippen LogP contribution in [0.25, 0.3) is 16.6 Å². The number of benzene rings is 2. The van der Waals surface area contributed by atoms with Crippen LogP contribution < -0.4 is 15.0 Å². The lowest BCUT2D eigenvalue weighted by molar-refractivity contribution is 0.170. The van der Waals surface area contributed by atoms with E-state index in [9.17, 15) is 4.79 Å². The van der Waals surface area contributed by atoms with Crippen molar-refractivity contribution in [2.24, 2.45) is 5.92 Å². The van der Waals surface area contributed by atoms with Crippen molar-refractivity contribution in [2.75, 3.05) is 33.4 Å². The first kappa shape index (κ1) is 22.3. The fraction of sp³-hybridized carbons (Fsp3) is 0.462. The van der Waals surface area contributed by atoms with E-state index in [-0.39, 0.29) is 5.56 Å². The fourth-order valence-corrected chi connectivity index (χ4v) is 4.59. The van der Waals surface area contributed by atoms with Gasteiger partial charge in [0, 0.05) is 19.2 Å². The summed E-state index contributed by atoms with van der Waals surface area (Å²) in [5.74, 6) is 2.75. The van der Waals surface area contributed by atoms with Gasteiger partial charge in [0.2, 0.25) is 0 Å². The quantitative estimate of drug-likeness (QED) is 0.511. The van der Waals surface area contributed by atoms with Gasteiger partial charge in [-0.2, -0.15) is 0 Å². The minimum atomic E-state index is -0.0982. The van der Waals surface area contributed by atoms with Gasteiger partial charge in [0.15, 0.2) is 0 Å². The second kappa shape index (κ2) is 9.74. The van der Waals surface area contributed by atoms with Crippen LogP contribution in [0.4, 0.5) is 0 Å². The van der Waals surface area contributed by atoms with E-state index in [1.54, 1.807) is 11.7 Å². The van der Waals surface area contributed by atoms with Crippen LogP contribution >= 0.6 is 0 Å². The first-order chi connectivity index (χ1) is 15.5. The molecule has 0 amide bonds. The van der Waals surface area contributed by atoms with Gasteiger partial charge in [0.05, 0.1) is 30.3 Å². The summed E-state index contributed by atoms with van der Waals surface area (Å²) in [5, 5.41) is 0.602. The Bertz CT molecular complexity index is 1150. The largest absolute Gasteiger partial charge is 0.494 e. The smallest absolute Gasteiger partial charge is 0.266 e. The van der Waals surface area contributed by atoms with Crippen molar-refractivity contribution in [3.05, 3.63) is 58.1 Å². The standard InChI is InChI=1S/C26H33N3O3/c1-18-8-10-23-22(15-18)26(30)29(20(3)27-23)24-11-9-21(16-25(24)31-4)32-14-6-13-28-12-5-7-19(2)17-28/h8-11,15-16,19H,5-7,12-14,17H2,1-4H3/t19-/m0/s1. The van der Waals surface area contributed by atoms with Gasteiger partial charge in [-0.15, -0.1) is 0 Å². The minimum Gasteiger partial charge on any atom is -0.494 e. The van der Waals surface area contributed by atoms with Gasteiger partial charge in [-0.1, -0.05) is 18.6 Å². The van der Waals surface area contributed by atoms with E-state index in [1.807, 2.05) is 50.2 Å². The Hall–Kier alpha value is -2.86. The van der Waals surface area contributed by atoms with Crippen LogP contribution in [0.1, 0.15) is 37.6 Å². The highest BCUT2D eigenvalue weighted by molar-refractivity contribution is 5.79. The van der Waals surface area contributed by atoms with Crippen LogP contribution in [0.15, 0.2) is 41.2 Å². The molecule has 0 unspecified atom stereocenters. The number of hydrogen-bond acceptors (Lipinski definition) is 5. The summed E-state index contributed by atoms with van der Waals surface area (Å²) in [6.07, 6.45) is 3.63. The zero-order chi connectivity index (χ0) is 22.7. The molecule has 1 fully saturated rings. The molecule has 170 valence electrons. The molecule has 6 nitrogen and oxygen atoms in total. The molecular weight excluding hydrogens is 402 g/mol. The van der Waals surface area contributed by atoms with E-state index in [0.717, 1.165) is 30.2 Å². The monoisotopic (exact) mass is 435 g/mol. The topological polar surface area (TPSA) is 56.6 Å². The molecule has 0 saturated carbocycles. The Kier molecular flexibility index (Phi) is 6.80. The molecule has 0 aliphatic carbocycles. The van der Waals surface area contributed by atoms with E-state index in [0.29, 0.717) is 34.8 Å². The Morgan fingerprint density at radius 3 is 2.78 bits per heavy atom. The molecule has 2 aromatic carbocycles. The maximum absolute atomic E-state index is 13.3. The van der Waals surface area contributed by atoms with Crippen molar-refractivity contribution in [1.29, 1.82) is 0 Å². The van der Waals surface area contributed by atoms with Crippen molar-refractivity contribution >= 4 is 10.9 Å². The zero-order valence-corrected chi connectivity index (χ0v) is 19.6. The van der Waals surface area contributed by atoms with Crippen LogP contribution in [-0.2, 0) is 0 Å². The molecule has 6 heteroatoms. The summed E-state index contributed by atoms with van der Waals surface area (Å²) in [6.45, 7) is 10.2. The molecular formula is C26H33N3O3. The molecule has 2 heterocycles. The van der Waals surface area contributed by atoms with Gasteiger partial charge < -0.3 is 14.4 Å². The number of rotatable bonds is 7. The third-order valence-corrected chi connectivity index (χ3v) is 6.21. The molecule has 1 aliphatic heterocycles. The minimum absolute atomic E-state index is 0.0982. The molecule has 32 heavy (non-hydrogen) atoms. The first-order valence-electron chi connectivity index (χ1n) is 11.5. The third kappa shape index (κ3) is 4.80. The van der Waals surface area contributed by atoms with Crippen LogP contribution in [0, 0.1) is 19.8 Å². The van der Waals surface area contributed by atoms with Gasteiger partial charge in [0.1, 0.15) is 17.3 Å². The Balaban J connectivity index is 1.51. The number of methoxy groups -OCH3 is 1. The lowest BCUT2D eigenvalue weighted by Gasteiger charge is -2.30. The van der Waals surface area contributed by atoms with Crippen LogP contribution in [0.5, 0.6) is 11.5 Å². The number of fused-ring (bicyclic) bond motifs is 1. The molecule has 0 N–H and O–H groups in total. The maximum Gasteiger partial charge on any atom is 0.266 e. The van der Waals surface area contributed by atoms with Crippen LogP contribution in [-0.4, -0.2) is 47.8 Å². The zero-order valence-electron chi connectivity index (χ0n) is 19.6. The Morgan fingerprint density at radius 2 is 2.00 bits per heavy atom. The van der Waals surface area contributed by atoms with Gasteiger partial charge >= 0.3 is 0 Å². The summed E-state index contributed by atoms with van der Waals surface area (Å²) < 4.78 is 13.2. The number of likely N-dealkylation sites (tertiary alicyclic amines) is 1. The highest BCUT2D eigenvalue weighted by Gasteiger charge is 2.16. The third-order valence-electron chi connectivity index (χ3n) is 6.21. The lowest BCUT2D eigenvalue weighted by atomic mass is 10.0. The summed E-state index contributed by atoms with van der Waals surface area (Å²) in [5.41, 5.74) is 2.30. The van der Waals surface area contributed by atoms with Crippen molar-refractivity contribution in [3.8, 4) is 17.2 Å². The number of piperidine rings is 1. The van der Waals surface area contributed by atoms with Crippen molar-refractivity contribution < 1.29 is 9.47 Å². The van der Waals surface area contributed by atoms with E-state index >= 15 is 0 Å². The van der Waals surface area contributed by atoms with Crippen molar-refractivity contribution in [1.82, 2.24) is 14.5 Å². The predicted molar refractivity (Wildman–Crippen MR) is 128 cm³/mol. The molecule has 1 aromatic heterocycles. The SMILES string of the molecule is COc1cc(OCCCN2CCC[C@H](C)C2)ccc1-n1c(C)nc2ccc(C)cc2c1=O. The molecule has 1 saturated heterocycles. The molecule has 1 aliphatic rings. The Morgan fingerprint density at radius 1 is 1.16 bits per heavy atom. The molecule has 0 radical (unpaired) electrons. The highest BCUT2D eigenvalue weighted by atomic mass is 16.5. The summed E-state index contributed by atoms with van der Waals surface area (Å²) in [6, 6.07) is 11.4. The van der Waals surface area contributed by atoms with E-state index < -0.39 is 0 Å². The van der Waals surface area contributed by atoms with Crippen molar-refractivity contribution in [3.63, 3.8) is 0 Å². The average molecular weight is 436 g/mol. The highest BCUT2D eigenvalue weighted by Crippen LogP contribution is 2.28. The first-order valence-corrected chi connectivity index (χ1v) is 11.5. The predicted octanol–water partition coefficient (Wildman–Crippen LogP) is 4.51. The number of aromatic nitrogens is 2. The molecule has 0 spiro atoms. The summed E-state index contributed by atoms with van der Waals surface area (Å²) in [7, 11) is 1.61. The van der Waals surface area contributed by atoms with Crippen molar-refractivity contribution in [2.45, 2.75) is 40.0 Å². The second-order valence-electron chi connectivity index (χ2n) is 8.90. The van der Waals surface area contributed by atoms with E-state index in [2.05, 4.69) is 16.8 Å². The van der Waals surface area contributed by atoms with Gasteiger partial charge in [-0.25, -0.2) is 4.98 Å². The number of nitrogens with zero attached hydrogens (tertiary/aromatic N) is 3. The van der Waals surface area contributed by atoms with E-state index in [1.165, 1.54) is 25.9 Å². The van der Waals surface area contributed by atoms with E-state index in [4.69, 9.17) is 9.47 Å². The second-order valence-corrected chi connectivity index (χ2v) is 8.90.